The molecule has 0 spiro atoms. The quantitative estimate of drug-likeness (QED) is 0.674. The third kappa shape index (κ3) is 6.42. The Kier molecular flexibility index (Phi) is 7.70. The number of benzene rings is 2. The fourth-order valence-electron chi connectivity index (χ4n) is 2.60. The monoisotopic (exact) mass is 338 g/mol. The van der Waals surface area contributed by atoms with Crippen molar-refractivity contribution in [2.24, 2.45) is 0 Å². The Morgan fingerprint density at radius 2 is 1.64 bits per heavy atom. The highest BCUT2D eigenvalue weighted by Gasteiger charge is 2.12. The first-order valence-electron chi connectivity index (χ1n) is 8.91. The zero-order valence-corrected chi connectivity index (χ0v) is 14.8. The Morgan fingerprint density at radius 1 is 0.920 bits per heavy atom. The van der Waals surface area contributed by atoms with E-state index in [-0.39, 0.29) is 11.8 Å². The maximum atomic E-state index is 12.4. The molecular formula is C21H26N2O2. The number of hydrogen-bond donors (Lipinski definition) is 2. The van der Waals surface area contributed by atoms with Gasteiger partial charge >= 0.3 is 0 Å². The number of carbonyl (C=O) groups excluding carboxylic acids is 2. The van der Waals surface area contributed by atoms with Crippen molar-refractivity contribution in [1.29, 1.82) is 0 Å². The predicted octanol–water partition coefficient (Wildman–Crippen LogP) is 4.18. The third-order valence-corrected chi connectivity index (χ3v) is 4.00. The van der Waals surface area contributed by atoms with Gasteiger partial charge < -0.3 is 10.6 Å². The van der Waals surface area contributed by atoms with Crippen LogP contribution in [-0.2, 0) is 11.2 Å². The van der Waals surface area contributed by atoms with E-state index in [0.717, 1.165) is 25.7 Å². The first-order chi connectivity index (χ1) is 12.2. The summed E-state index contributed by atoms with van der Waals surface area (Å²) < 4.78 is 0. The van der Waals surface area contributed by atoms with Crippen LogP contribution in [-0.4, -0.2) is 18.4 Å². The lowest BCUT2D eigenvalue weighted by Gasteiger charge is -2.11. The fourth-order valence-corrected chi connectivity index (χ4v) is 2.60. The number of amides is 2. The fraction of sp³-hybridized carbons (Fsp3) is 0.333. The molecule has 2 aromatic carbocycles. The van der Waals surface area contributed by atoms with Crippen LogP contribution in [0.1, 0.15) is 48.5 Å². The van der Waals surface area contributed by atoms with Gasteiger partial charge in [-0.3, -0.25) is 9.59 Å². The van der Waals surface area contributed by atoms with Crippen LogP contribution in [0.25, 0.3) is 0 Å². The smallest absolute Gasteiger partial charge is 0.253 e. The molecule has 0 saturated carbocycles. The van der Waals surface area contributed by atoms with Crippen molar-refractivity contribution >= 4 is 17.5 Å². The molecule has 2 rings (SSSR count). The van der Waals surface area contributed by atoms with Crippen molar-refractivity contribution < 1.29 is 9.59 Å². The van der Waals surface area contributed by atoms with E-state index < -0.39 is 0 Å². The molecule has 132 valence electrons. The van der Waals surface area contributed by atoms with E-state index in [1.165, 1.54) is 5.56 Å². The summed E-state index contributed by atoms with van der Waals surface area (Å²) in [6, 6.07) is 17.2. The second kappa shape index (κ2) is 10.3. The van der Waals surface area contributed by atoms with Crippen LogP contribution in [0.5, 0.6) is 0 Å². The summed E-state index contributed by atoms with van der Waals surface area (Å²) in [5.41, 5.74) is 2.25. The van der Waals surface area contributed by atoms with Crippen LogP contribution in [0.4, 0.5) is 5.69 Å². The molecule has 0 atom stereocenters. The molecule has 2 aromatic rings. The summed E-state index contributed by atoms with van der Waals surface area (Å²) in [6.07, 6.45) is 4.24. The van der Waals surface area contributed by atoms with E-state index in [4.69, 9.17) is 0 Å². The lowest BCUT2D eigenvalue weighted by molar-refractivity contribution is -0.116. The summed E-state index contributed by atoms with van der Waals surface area (Å²) in [7, 11) is 0. The molecule has 0 bridgehead atoms. The second-order valence-electron chi connectivity index (χ2n) is 6.04. The highest BCUT2D eigenvalue weighted by atomic mass is 16.2. The molecule has 0 aliphatic rings. The van der Waals surface area contributed by atoms with E-state index in [2.05, 4.69) is 17.6 Å². The van der Waals surface area contributed by atoms with Crippen molar-refractivity contribution in [2.75, 3.05) is 11.9 Å². The average Bonchev–Trinajstić information content (AvgIpc) is 2.63. The van der Waals surface area contributed by atoms with E-state index in [1.807, 2.05) is 36.4 Å². The van der Waals surface area contributed by atoms with Gasteiger partial charge in [0.15, 0.2) is 0 Å². The molecule has 4 nitrogen and oxygen atoms in total. The summed E-state index contributed by atoms with van der Waals surface area (Å²) in [4.78, 5) is 24.5. The van der Waals surface area contributed by atoms with Gasteiger partial charge in [-0.05, 0) is 30.5 Å². The number of para-hydroxylation sites is 1. The summed E-state index contributed by atoms with van der Waals surface area (Å²) in [6.45, 7) is 2.66. The van der Waals surface area contributed by atoms with E-state index in [1.54, 1.807) is 18.2 Å². The number of carbonyl (C=O) groups is 2. The maximum Gasteiger partial charge on any atom is 0.253 e. The van der Waals surface area contributed by atoms with Crippen molar-refractivity contribution in [3.8, 4) is 0 Å². The highest BCUT2D eigenvalue weighted by Crippen LogP contribution is 2.16. The third-order valence-electron chi connectivity index (χ3n) is 4.00. The van der Waals surface area contributed by atoms with Crippen LogP contribution < -0.4 is 10.6 Å². The number of anilines is 1. The highest BCUT2D eigenvalue weighted by molar-refractivity contribution is 6.03. The largest absolute Gasteiger partial charge is 0.352 e. The Morgan fingerprint density at radius 3 is 2.40 bits per heavy atom. The summed E-state index contributed by atoms with van der Waals surface area (Å²) >= 11 is 0. The van der Waals surface area contributed by atoms with Gasteiger partial charge in [0, 0.05) is 13.0 Å². The maximum absolute atomic E-state index is 12.4. The van der Waals surface area contributed by atoms with Gasteiger partial charge in [-0.25, -0.2) is 0 Å². The molecule has 0 radical (unpaired) electrons. The molecule has 25 heavy (non-hydrogen) atoms. The predicted molar refractivity (Wildman–Crippen MR) is 102 cm³/mol. The number of unbranched alkanes of at least 4 members (excludes halogenated alkanes) is 2. The molecule has 0 fully saturated rings. The van der Waals surface area contributed by atoms with Crippen molar-refractivity contribution in [3.05, 3.63) is 65.7 Å². The van der Waals surface area contributed by atoms with Gasteiger partial charge in [0.1, 0.15) is 0 Å². The molecule has 0 aromatic heterocycles. The normalized spacial score (nSPS) is 10.3. The van der Waals surface area contributed by atoms with Gasteiger partial charge in [0.05, 0.1) is 11.3 Å². The topological polar surface area (TPSA) is 58.2 Å². The average molecular weight is 338 g/mol. The number of rotatable bonds is 9. The summed E-state index contributed by atoms with van der Waals surface area (Å²) in [5, 5.41) is 5.78. The van der Waals surface area contributed by atoms with Crippen molar-refractivity contribution in [3.63, 3.8) is 0 Å². The van der Waals surface area contributed by atoms with Gasteiger partial charge in [-0.15, -0.1) is 0 Å². The van der Waals surface area contributed by atoms with E-state index in [9.17, 15) is 9.59 Å². The molecular weight excluding hydrogens is 312 g/mol. The first kappa shape index (κ1) is 18.7. The van der Waals surface area contributed by atoms with Crippen molar-refractivity contribution in [2.45, 2.75) is 39.0 Å². The van der Waals surface area contributed by atoms with Gasteiger partial charge in [0.2, 0.25) is 5.91 Å². The number of nitrogens with one attached hydrogen (secondary N) is 2. The minimum Gasteiger partial charge on any atom is -0.352 e. The molecule has 0 heterocycles. The Balaban J connectivity index is 1.89. The zero-order valence-electron chi connectivity index (χ0n) is 14.8. The van der Waals surface area contributed by atoms with Gasteiger partial charge in [-0.1, -0.05) is 62.2 Å². The molecule has 2 amide bonds. The number of hydrogen-bond acceptors (Lipinski definition) is 2. The van der Waals surface area contributed by atoms with Crippen LogP contribution in [0.15, 0.2) is 54.6 Å². The Bertz CT molecular complexity index is 683. The Labute approximate surface area is 149 Å². The first-order valence-corrected chi connectivity index (χ1v) is 8.91. The Hall–Kier alpha value is -2.62. The second-order valence-corrected chi connectivity index (χ2v) is 6.04. The van der Waals surface area contributed by atoms with Crippen LogP contribution >= 0.6 is 0 Å². The zero-order chi connectivity index (χ0) is 17.9. The van der Waals surface area contributed by atoms with Crippen molar-refractivity contribution in [1.82, 2.24) is 5.32 Å². The minimum atomic E-state index is -0.166. The molecule has 0 unspecified atom stereocenters. The minimum absolute atomic E-state index is 0.0435. The van der Waals surface area contributed by atoms with Gasteiger partial charge in [-0.2, -0.15) is 0 Å². The molecule has 0 saturated heterocycles. The van der Waals surface area contributed by atoms with Crippen LogP contribution in [0, 0.1) is 0 Å². The molecule has 4 heteroatoms. The van der Waals surface area contributed by atoms with E-state index in [0.29, 0.717) is 24.2 Å². The van der Waals surface area contributed by atoms with Crippen LogP contribution in [0.2, 0.25) is 0 Å². The van der Waals surface area contributed by atoms with E-state index >= 15 is 0 Å². The SMILES string of the molecule is CCCCCC(=O)Nc1ccccc1C(=O)NCCc1ccccc1. The molecule has 0 aliphatic carbocycles. The standard InChI is InChI=1S/C21H26N2O2/c1-2-3-5-14-20(24)23-19-13-9-8-12-18(19)21(25)22-16-15-17-10-6-4-7-11-17/h4,6-13H,2-3,5,14-16H2,1H3,(H,22,25)(H,23,24). The van der Waals surface area contributed by atoms with Crippen LogP contribution in [0.3, 0.4) is 0 Å². The summed E-state index contributed by atoms with van der Waals surface area (Å²) in [5.74, 6) is -0.210. The molecule has 2 N–H and O–H groups in total. The molecule has 0 aliphatic heterocycles. The lowest BCUT2D eigenvalue weighted by atomic mass is 10.1. The lowest BCUT2D eigenvalue weighted by Crippen LogP contribution is -2.27. The van der Waals surface area contributed by atoms with Gasteiger partial charge in [0.25, 0.3) is 5.91 Å².